The number of rotatable bonds is 3. The zero-order chi connectivity index (χ0) is 16.8. The Hall–Kier alpha value is -1.19. The molecular weight excluding hydrogens is 324 g/mol. The fourth-order valence-corrected chi connectivity index (χ4v) is 3.99. The third-order valence-electron chi connectivity index (χ3n) is 3.90. The molecular formula is C13H16F4N2O2S. The molecule has 124 valence electrons. The van der Waals surface area contributed by atoms with Gasteiger partial charge in [0.1, 0.15) is 5.82 Å². The molecule has 0 spiro atoms. The first-order valence-corrected chi connectivity index (χ1v) is 8.01. The first kappa shape index (κ1) is 17.2. The first-order valence-electron chi connectivity index (χ1n) is 6.57. The zero-order valence-corrected chi connectivity index (χ0v) is 12.6. The highest BCUT2D eigenvalue weighted by Crippen LogP contribution is 2.35. The fraction of sp³-hybridized carbons (Fsp3) is 0.538. The molecule has 1 aromatic carbocycles. The molecule has 0 amide bonds. The average molecular weight is 340 g/mol. The van der Waals surface area contributed by atoms with Crippen LogP contribution in [0.5, 0.6) is 0 Å². The molecule has 2 N–H and O–H groups in total. The summed E-state index contributed by atoms with van der Waals surface area (Å²) in [6.07, 6.45) is -4.32. The number of alkyl halides is 3. The lowest BCUT2D eigenvalue weighted by Gasteiger charge is -2.22. The number of hydrogen-bond acceptors (Lipinski definition) is 3. The maximum absolute atomic E-state index is 13.6. The molecule has 1 unspecified atom stereocenters. The summed E-state index contributed by atoms with van der Waals surface area (Å²) in [5.41, 5.74) is 3.73. The largest absolute Gasteiger partial charge is 0.419 e. The molecule has 4 nitrogen and oxygen atoms in total. The fourth-order valence-electron chi connectivity index (χ4n) is 2.39. The summed E-state index contributed by atoms with van der Waals surface area (Å²) in [4.78, 5) is -0.487. The summed E-state index contributed by atoms with van der Waals surface area (Å²) in [6.45, 7) is 2.49. The highest BCUT2D eigenvalue weighted by atomic mass is 32.2. The van der Waals surface area contributed by atoms with Gasteiger partial charge >= 0.3 is 6.18 Å². The van der Waals surface area contributed by atoms with E-state index in [1.807, 2.05) is 6.92 Å². The summed E-state index contributed by atoms with van der Waals surface area (Å²) in [5, 5.41) is 0. The van der Waals surface area contributed by atoms with E-state index >= 15 is 0 Å². The lowest BCUT2D eigenvalue weighted by Crippen LogP contribution is -2.34. The van der Waals surface area contributed by atoms with Crippen molar-refractivity contribution in [3.63, 3.8) is 0 Å². The molecule has 1 atom stereocenters. The molecule has 0 aromatic heterocycles. The molecule has 1 heterocycles. The van der Waals surface area contributed by atoms with Crippen molar-refractivity contribution in [2.24, 2.45) is 11.1 Å². The van der Waals surface area contributed by atoms with Crippen molar-refractivity contribution >= 4 is 10.0 Å². The van der Waals surface area contributed by atoms with Crippen LogP contribution >= 0.6 is 0 Å². The summed E-state index contributed by atoms with van der Waals surface area (Å²) in [7, 11) is -4.03. The van der Waals surface area contributed by atoms with Gasteiger partial charge in [-0.15, -0.1) is 0 Å². The average Bonchev–Trinajstić information content (AvgIpc) is 2.81. The maximum atomic E-state index is 13.6. The second-order valence-corrected chi connectivity index (χ2v) is 7.68. The third kappa shape index (κ3) is 3.11. The van der Waals surface area contributed by atoms with E-state index in [1.54, 1.807) is 0 Å². The van der Waals surface area contributed by atoms with Gasteiger partial charge in [0.25, 0.3) is 0 Å². The monoisotopic (exact) mass is 340 g/mol. The molecule has 0 saturated carbocycles. The molecule has 22 heavy (non-hydrogen) atoms. The van der Waals surface area contributed by atoms with Gasteiger partial charge in [-0.1, -0.05) is 6.92 Å². The minimum atomic E-state index is -4.86. The van der Waals surface area contributed by atoms with Crippen LogP contribution in [-0.2, 0) is 16.2 Å². The van der Waals surface area contributed by atoms with Gasteiger partial charge in [0.05, 0.1) is 10.5 Å². The Balaban J connectivity index is 2.34. The lowest BCUT2D eigenvalue weighted by atomic mass is 9.90. The van der Waals surface area contributed by atoms with Crippen LogP contribution in [-0.4, -0.2) is 32.4 Å². The smallest absolute Gasteiger partial charge is 0.330 e. The summed E-state index contributed by atoms with van der Waals surface area (Å²) >= 11 is 0. The Labute approximate surface area is 126 Å². The van der Waals surface area contributed by atoms with Crippen LogP contribution < -0.4 is 5.73 Å². The second kappa shape index (κ2) is 5.47. The maximum Gasteiger partial charge on any atom is 0.419 e. The van der Waals surface area contributed by atoms with Crippen molar-refractivity contribution in [1.29, 1.82) is 0 Å². The molecule has 0 aliphatic carbocycles. The quantitative estimate of drug-likeness (QED) is 0.858. The Kier molecular flexibility index (Phi) is 4.27. The molecule has 1 aromatic rings. The van der Waals surface area contributed by atoms with Crippen molar-refractivity contribution in [1.82, 2.24) is 4.31 Å². The van der Waals surface area contributed by atoms with E-state index in [0.29, 0.717) is 25.1 Å². The van der Waals surface area contributed by atoms with Gasteiger partial charge in [0.15, 0.2) is 0 Å². The van der Waals surface area contributed by atoms with Gasteiger partial charge in [0, 0.05) is 13.1 Å². The molecule has 2 rings (SSSR count). The van der Waals surface area contributed by atoms with Gasteiger partial charge < -0.3 is 5.73 Å². The molecule has 9 heteroatoms. The molecule has 1 fully saturated rings. The summed E-state index contributed by atoms with van der Waals surface area (Å²) in [5.74, 6) is -1.60. The highest BCUT2D eigenvalue weighted by molar-refractivity contribution is 7.89. The molecule has 1 saturated heterocycles. The lowest BCUT2D eigenvalue weighted by molar-refractivity contribution is -0.140. The number of nitrogens with two attached hydrogens (primary N) is 1. The topological polar surface area (TPSA) is 63.4 Å². The van der Waals surface area contributed by atoms with E-state index in [4.69, 9.17) is 5.73 Å². The normalized spacial score (nSPS) is 23.9. The number of nitrogens with zero attached hydrogens (tertiary/aromatic N) is 1. The van der Waals surface area contributed by atoms with Crippen LogP contribution in [0.3, 0.4) is 0 Å². The molecule has 1 aliphatic rings. The second-order valence-electron chi connectivity index (χ2n) is 5.74. The highest BCUT2D eigenvalue weighted by Gasteiger charge is 2.40. The minimum Gasteiger partial charge on any atom is -0.330 e. The van der Waals surface area contributed by atoms with E-state index in [1.165, 1.54) is 0 Å². The minimum absolute atomic E-state index is 0.161. The molecule has 0 radical (unpaired) electrons. The van der Waals surface area contributed by atoms with Crippen molar-refractivity contribution in [2.75, 3.05) is 19.6 Å². The molecule has 0 bridgehead atoms. The van der Waals surface area contributed by atoms with E-state index < -0.39 is 32.5 Å². The van der Waals surface area contributed by atoms with Gasteiger partial charge in [0.2, 0.25) is 10.0 Å². The number of sulfonamides is 1. The van der Waals surface area contributed by atoms with Crippen molar-refractivity contribution < 1.29 is 26.0 Å². The Morgan fingerprint density at radius 2 is 2.00 bits per heavy atom. The zero-order valence-electron chi connectivity index (χ0n) is 11.8. The number of benzene rings is 1. The van der Waals surface area contributed by atoms with Crippen molar-refractivity contribution in [3.8, 4) is 0 Å². The number of halogens is 4. The van der Waals surface area contributed by atoms with Crippen LogP contribution in [0.15, 0.2) is 23.1 Å². The Morgan fingerprint density at radius 1 is 1.36 bits per heavy atom. The van der Waals surface area contributed by atoms with Crippen LogP contribution in [0.25, 0.3) is 0 Å². The van der Waals surface area contributed by atoms with E-state index in [2.05, 4.69) is 0 Å². The standard InChI is InChI=1S/C13H16F4N2O2S/c1-12(7-18)4-5-19(8-12)22(20,21)9-2-3-10(11(14)6-9)13(15,16)17/h2-3,6H,4-5,7-8,18H2,1H3. The third-order valence-corrected chi connectivity index (χ3v) is 5.74. The van der Waals surface area contributed by atoms with Crippen LogP contribution in [0.2, 0.25) is 0 Å². The van der Waals surface area contributed by atoms with Gasteiger partial charge in [-0.25, -0.2) is 12.8 Å². The predicted octanol–water partition coefficient (Wildman–Crippen LogP) is 2.20. The van der Waals surface area contributed by atoms with Crippen LogP contribution in [0, 0.1) is 11.2 Å². The van der Waals surface area contributed by atoms with Crippen molar-refractivity contribution in [3.05, 3.63) is 29.6 Å². The van der Waals surface area contributed by atoms with Gasteiger partial charge in [-0.05, 0) is 36.6 Å². The van der Waals surface area contributed by atoms with Crippen LogP contribution in [0.1, 0.15) is 18.9 Å². The van der Waals surface area contributed by atoms with Crippen LogP contribution in [0.4, 0.5) is 17.6 Å². The molecule has 1 aliphatic heterocycles. The summed E-state index contributed by atoms with van der Waals surface area (Å²) < 4.78 is 77.0. The Morgan fingerprint density at radius 3 is 2.45 bits per heavy atom. The van der Waals surface area contributed by atoms with Crippen molar-refractivity contribution in [2.45, 2.75) is 24.4 Å². The Bertz CT molecular complexity index is 675. The van der Waals surface area contributed by atoms with Gasteiger partial charge in [-0.2, -0.15) is 17.5 Å². The predicted molar refractivity (Wildman–Crippen MR) is 71.9 cm³/mol. The first-order chi connectivity index (χ1) is 9.99. The summed E-state index contributed by atoms with van der Waals surface area (Å²) in [6, 6.07) is 1.63. The number of hydrogen-bond donors (Lipinski definition) is 1. The SMILES string of the molecule is CC1(CN)CCN(S(=O)(=O)c2ccc(C(F)(F)F)c(F)c2)C1. The van der Waals surface area contributed by atoms with Gasteiger partial charge in [-0.3, -0.25) is 0 Å². The van der Waals surface area contributed by atoms with E-state index in [-0.39, 0.29) is 18.5 Å². The van der Waals surface area contributed by atoms with E-state index in [9.17, 15) is 26.0 Å². The van der Waals surface area contributed by atoms with E-state index in [0.717, 1.165) is 10.4 Å².